The Morgan fingerprint density at radius 3 is 2.62 bits per heavy atom. The van der Waals surface area contributed by atoms with E-state index in [1.165, 1.54) is 0 Å². The first kappa shape index (κ1) is 9.73. The fourth-order valence-electron chi connectivity index (χ4n) is 0.950. The van der Waals surface area contributed by atoms with Gasteiger partial charge in [0.05, 0.1) is 0 Å². The average molecular weight is 203 g/mol. The molecule has 0 aliphatic rings. The second kappa shape index (κ2) is 3.57. The molecule has 0 saturated carbocycles. The van der Waals surface area contributed by atoms with Crippen LogP contribution in [0.1, 0.15) is 17.3 Å². The zero-order valence-corrected chi connectivity index (χ0v) is 7.59. The van der Waals surface area contributed by atoms with Gasteiger partial charge in [0.25, 0.3) is 5.56 Å². The van der Waals surface area contributed by atoms with E-state index in [9.17, 15) is 14.4 Å². The van der Waals surface area contributed by atoms with Crippen molar-refractivity contribution in [3.8, 4) is 0 Å². The van der Waals surface area contributed by atoms with E-state index in [2.05, 4.69) is 4.98 Å². The van der Waals surface area contributed by atoms with Gasteiger partial charge in [-0.25, -0.2) is 4.79 Å². The molecule has 0 aromatic carbocycles. The predicted molar refractivity (Wildman–Crippen MR) is 47.4 cm³/mol. The van der Waals surface area contributed by atoms with Crippen LogP contribution in [0, 0.1) is 0 Å². The minimum absolute atomic E-state index is 0.201. The molecule has 0 saturated heterocycles. The minimum Gasteiger partial charge on any atom is -0.298 e. The first-order valence-corrected chi connectivity index (χ1v) is 3.97. The van der Waals surface area contributed by atoms with Crippen LogP contribution in [-0.2, 0) is 6.54 Å². The molecular weight excluding hydrogens is 196 g/mol. The monoisotopic (exact) mass is 202 g/mol. The summed E-state index contributed by atoms with van der Waals surface area (Å²) in [5, 5.41) is -0.213. The van der Waals surface area contributed by atoms with Crippen molar-refractivity contribution < 1.29 is 4.79 Å². The van der Waals surface area contributed by atoms with Crippen LogP contribution in [0.3, 0.4) is 0 Å². The number of carbonyl (C=O) groups is 1. The molecule has 0 bridgehead atoms. The lowest BCUT2D eigenvalue weighted by molar-refractivity contribution is 0.112. The summed E-state index contributed by atoms with van der Waals surface area (Å²) >= 11 is 5.46. The maximum absolute atomic E-state index is 11.3. The molecule has 0 fully saturated rings. The lowest BCUT2D eigenvalue weighted by Crippen LogP contribution is -2.36. The van der Waals surface area contributed by atoms with Gasteiger partial charge >= 0.3 is 5.69 Å². The molecule has 1 N–H and O–H groups in total. The Hall–Kier alpha value is -1.36. The largest absolute Gasteiger partial charge is 0.329 e. The standard InChI is InChI=1S/C7H7ClN2O3/c1-2-10-6(12)4(3-11)5(8)9-7(10)13/h3H,2H2,1H3,(H,9,13). The maximum atomic E-state index is 11.3. The van der Waals surface area contributed by atoms with Crippen LogP contribution in [0.2, 0.25) is 5.15 Å². The van der Waals surface area contributed by atoms with Gasteiger partial charge in [-0.1, -0.05) is 11.6 Å². The van der Waals surface area contributed by atoms with Gasteiger partial charge in [0.1, 0.15) is 10.7 Å². The van der Waals surface area contributed by atoms with Crippen LogP contribution < -0.4 is 11.2 Å². The third-order valence-corrected chi connectivity index (χ3v) is 1.91. The molecule has 13 heavy (non-hydrogen) atoms. The topological polar surface area (TPSA) is 71.9 Å². The van der Waals surface area contributed by atoms with E-state index >= 15 is 0 Å². The second-order valence-corrected chi connectivity index (χ2v) is 2.70. The number of aromatic amines is 1. The molecule has 0 radical (unpaired) electrons. The molecule has 70 valence electrons. The van der Waals surface area contributed by atoms with Gasteiger partial charge in [0.15, 0.2) is 6.29 Å². The molecule has 0 atom stereocenters. The SMILES string of the molecule is CCn1c(=O)[nH]c(Cl)c(C=O)c1=O. The highest BCUT2D eigenvalue weighted by molar-refractivity contribution is 6.31. The summed E-state index contributed by atoms with van der Waals surface area (Å²) in [6.45, 7) is 1.82. The number of nitrogens with one attached hydrogen (secondary N) is 1. The van der Waals surface area contributed by atoms with Gasteiger partial charge < -0.3 is 0 Å². The Kier molecular flexibility index (Phi) is 2.67. The lowest BCUT2D eigenvalue weighted by Gasteiger charge is -2.01. The summed E-state index contributed by atoms with van der Waals surface area (Å²) in [4.78, 5) is 35.0. The van der Waals surface area contributed by atoms with Crippen molar-refractivity contribution in [3.63, 3.8) is 0 Å². The number of carbonyl (C=O) groups excluding carboxylic acids is 1. The number of aldehydes is 1. The minimum atomic E-state index is -0.661. The van der Waals surface area contributed by atoms with E-state index in [1.807, 2.05) is 0 Å². The normalized spacial score (nSPS) is 10.0. The third-order valence-electron chi connectivity index (χ3n) is 1.61. The van der Waals surface area contributed by atoms with Crippen LogP contribution in [0.4, 0.5) is 0 Å². The van der Waals surface area contributed by atoms with E-state index in [0.29, 0.717) is 6.29 Å². The molecule has 0 amide bonds. The third kappa shape index (κ3) is 1.55. The van der Waals surface area contributed by atoms with Gasteiger partial charge in [-0.2, -0.15) is 0 Å². The highest BCUT2D eigenvalue weighted by atomic mass is 35.5. The average Bonchev–Trinajstić information content (AvgIpc) is 2.04. The number of hydrogen-bond acceptors (Lipinski definition) is 3. The summed E-state index contributed by atoms with van der Waals surface area (Å²) < 4.78 is 0.898. The fourth-order valence-corrected chi connectivity index (χ4v) is 1.16. The highest BCUT2D eigenvalue weighted by Gasteiger charge is 2.09. The molecular formula is C7H7ClN2O3. The molecule has 6 heteroatoms. The fraction of sp³-hybridized carbons (Fsp3) is 0.286. The molecule has 0 spiro atoms. The summed E-state index contributed by atoms with van der Waals surface area (Å²) in [7, 11) is 0. The maximum Gasteiger partial charge on any atom is 0.329 e. The Bertz CT molecular complexity index is 446. The van der Waals surface area contributed by atoms with Crippen LogP contribution in [0.5, 0.6) is 0 Å². The van der Waals surface area contributed by atoms with Gasteiger partial charge in [0, 0.05) is 6.54 Å². The van der Waals surface area contributed by atoms with Crippen LogP contribution in [-0.4, -0.2) is 15.8 Å². The summed E-state index contributed by atoms with van der Waals surface area (Å²) in [6.07, 6.45) is 0.326. The molecule has 5 nitrogen and oxygen atoms in total. The first-order valence-electron chi connectivity index (χ1n) is 3.59. The molecule has 1 rings (SSSR count). The summed E-state index contributed by atoms with van der Waals surface area (Å²) in [5.74, 6) is 0. The number of H-pyrrole nitrogens is 1. The van der Waals surface area contributed by atoms with E-state index in [4.69, 9.17) is 11.6 Å². The summed E-state index contributed by atoms with van der Waals surface area (Å²) in [6, 6.07) is 0. The number of rotatable bonds is 2. The summed E-state index contributed by atoms with van der Waals surface area (Å²) in [5.41, 5.74) is -1.49. The van der Waals surface area contributed by atoms with Gasteiger partial charge in [0.2, 0.25) is 0 Å². The number of nitrogens with zero attached hydrogens (tertiary/aromatic N) is 1. The van der Waals surface area contributed by atoms with Gasteiger partial charge in [-0.3, -0.25) is 19.1 Å². The molecule has 1 aromatic heterocycles. The van der Waals surface area contributed by atoms with Crippen molar-refractivity contribution in [1.29, 1.82) is 0 Å². The van der Waals surface area contributed by atoms with Crippen LogP contribution in [0.15, 0.2) is 9.59 Å². The van der Waals surface area contributed by atoms with Crippen molar-refractivity contribution in [1.82, 2.24) is 9.55 Å². The highest BCUT2D eigenvalue weighted by Crippen LogP contribution is 2.01. The van der Waals surface area contributed by atoms with Gasteiger partial charge in [-0.15, -0.1) is 0 Å². The first-order chi connectivity index (χ1) is 6.11. The van der Waals surface area contributed by atoms with E-state index < -0.39 is 11.2 Å². The van der Waals surface area contributed by atoms with E-state index in [1.54, 1.807) is 6.92 Å². The second-order valence-electron chi connectivity index (χ2n) is 2.33. The number of halogens is 1. The van der Waals surface area contributed by atoms with Crippen LogP contribution in [0.25, 0.3) is 0 Å². The molecule has 0 aliphatic carbocycles. The molecule has 1 heterocycles. The van der Waals surface area contributed by atoms with Crippen molar-refractivity contribution in [2.24, 2.45) is 0 Å². The van der Waals surface area contributed by atoms with Crippen molar-refractivity contribution in [2.75, 3.05) is 0 Å². The molecule has 0 unspecified atom stereocenters. The molecule has 0 aliphatic heterocycles. The van der Waals surface area contributed by atoms with Crippen LogP contribution >= 0.6 is 11.6 Å². The molecule has 1 aromatic rings. The smallest absolute Gasteiger partial charge is 0.298 e. The Morgan fingerprint density at radius 1 is 1.54 bits per heavy atom. The Labute approximate surface area is 78.0 Å². The lowest BCUT2D eigenvalue weighted by atomic mass is 10.4. The number of hydrogen-bond donors (Lipinski definition) is 1. The van der Waals surface area contributed by atoms with E-state index in [0.717, 1.165) is 4.57 Å². The quantitative estimate of drug-likeness (QED) is 0.543. The van der Waals surface area contributed by atoms with Crippen molar-refractivity contribution >= 4 is 17.9 Å². The zero-order valence-electron chi connectivity index (χ0n) is 6.83. The Morgan fingerprint density at radius 2 is 2.15 bits per heavy atom. The van der Waals surface area contributed by atoms with Crippen molar-refractivity contribution in [3.05, 3.63) is 31.6 Å². The Balaban J connectivity index is 3.68. The van der Waals surface area contributed by atoms with Gasteiger partial charge in [-0.05, 0) is 6.92 Å². The van der Waals surface area contributed by atoms with Crippen molar-refractivity contribution in [2.45, 2.75) is 13.5 Å². The number of aromatic nitrogens is 2. The predicted octanol–water partition coefficient (Wildman–Crippen LogP) is 0.0224. The van der Waals surface area contributed by atoms with E-state index in [-0.39, 0.29) is 17.3 Å². The zero-order chi connectivity index (χ0) is 10.0.